The van der Waals surface area contributed by atoms with Crippen LogP contribution in [0.3, 0.4) is 0 Å². The Morgan fingerprint density at radius 3 is 2.08 bits per heavy atom. The fraction of sp³-hybridized carbons (Fsp3) is 0.385. The number of carbonyl (C=O) groups is 4. The molecule has 0 saturated carbocycles. The number of carboxylic acids is 2. The van der Waals surface area contributed by atoms with E-state index in [1.165, 1.54) is 6.92 Å². The van der Waals surface area contributed by atoms with E-state index < -0.39 is 58.8 Å². The van der Waals surface area contributed by atoms with Gasteiger partial charge in [-0.1, -0.05) is 0 Å². The third-order valence-electron chi connectivity index (χ3n) is 3.42. The molecule has 0 aromatic carbocycles. The zero-order valence-electron chi connectivity index (χ0n) is 13.1. The third-order valence-corrected chi connectivity index (χ3v) is 3.42. The summed E-state index contributed by atoms with van der Waals surface area (Å²) in [7, 11) is 0. The molecule has 0 aliphatic carbocycles. The summed E-state index contributed by atoms with van der Waals surface area (Å²) in [6.45, 7) is 0.903. The van der Waals surface area contributed by atoms with Gasteiger partial charge in [0.15, 0.2) is 11.5 Å². The molecule has 12 heteroatoms. The first-order valence-electron chi connectivity index (χ1n) is 6.88. The third kappa shape index (κ3) is 3.70. The molecule has 0 radical (unpaired) electrons. The van der Waals surface area contributed by atoms with Crippen LogP contribution in [0.25, 0.3) is 0 Å². The van der Waals surface area contributed by atoms with Crippen LogP contribution in [0.2, 0.25) is 0 Å². The maximum atomic E-state index is 12.3. The smallest absolute Gasteiger partial charge is 0.341 e. The number of hydrogen-bond donors (Lipinski definition) is 8. The van der Waals surface area contributed by atoms with Crippen LogP contribution in [0.4, 0.5) is 0 Å². The molecule has 1 amide bonds. The van der Waals surface area contributed by atoms with Crippen molar-refractivity contribution in [2.75, 3.05) is 0 Å². The summed E-state index contributed by atoms with van der Waals surface area (Å²) in [4.78, 5) is 49.1. The van der Waals surface area contributed by atoms with Gasteiger partial charge in [-0.2, -0.15) is 0 Å². The molecule has 0 bridgehead atoms. The molecule has 0 aliphatic rings. The Balaban J connectivity index is 3.33. The van der Waals surface area contributed by atoms with Gasteiger partial charge >= 0.3 is 11.9 Å². The number of carbonyl (C=O) groups excluding carboxylic acids is 2. The number of aromatic nitrogens is 1. The fourth-order valence-electron chi connectivity index (χ4n) is 1.99. The summed E-state index contributed by atoms with van der Waals surface area (Å²) in [5.41, 5.74) is 6.67. The zero-order valence-corrected chi connectivity index (χ0v) is 13.1. The van der Waals surface area contributed by atoms with Crippen LogP contribution in [-0.4, -0.2) is 60.6 Å². The van der Waals surface area contributed by atoms with Gasteiger partial charge in [-0.3, -0.25) is 9.59 Å². The van der Waals surface area contributed by atoms with Gasteiger partial charge in [0, 0.05) is 6.54 Å². The van der Waals surface area contributed by atoms with E-state index in [1.54, 1.807) is 5.32 Å². The molecule has 0 spiro atoms. The van der Waals surface area contributed by atoms with Crippen LogP contribution >= 0.6 is 0 Å². The fourth-order valence-corrected chi connectivity index (χ4v) is 1.99. The molecule has 12 nitrogen and oxygen atoms in total. The number of H-pyrrole nitrogens is 1. The Morgan fingerprint density at radius 2 is 1.72 bits per heavy atom. The van der Waals surface area contributed by atoms with E-state index in [0.717, 1.165) is 0 Å². The minimum Gasteiger partial charge on any atom is -0.505 e. The van der Waals surface area contributed by atoms with Crippen LogP contribution in [0.1, 0.15) is 29.4 Å². The standard InChI is InChI=1S/C13H18N4O8/c1-4(15)9(20)17-13(11(22)23,12(24)25)2-6(18)7-8(19)5(3-14)16-10(7)21/h4,16,19,21H,2-3,14-15H2,1H3,(H,17,20)(H,22,23)(H,24,25)/t4-/m0/s1. The number of aromatic amines is 1. The summed E-state index contributed by atoms with van der Waals surface area (Å²) in [5.74, 6) is -7.99. The second-order valence-corrected chi connectivity index (χ2v) is 5.27. The minimum absolute atomic E-state index is 0.114. The van der Waals surface area contributed by atoms with Gasteiger partial charge in [-0.05, 0) is 6.92 Å². The first-order chi connectivity index (χ1) is 11.5. The number of rotatable bonds is 8. The number of nitrogens with one attached hydrogen (secondary N) is 2. The van der Waals surface area contributed by atoms with Crippen molar-refractivity contribution in [2.45, 2.75) is 31.5 Å². The molecule has 1 aromatic heterocycles. The summed E-state index contributed by atoms with van der Waals surface area (Å²) in [6, 6.07) is -1.24. The predicted molar refractivity (Wildman–Crippen MR) is 80.8 cm³/mol. The monoisotopic (exact) mass is 358 g/mol. The number of amides is 1. The molecule has 0 aliphatic heterocycles. The topological polar surface area (TPSA) is 229 Å². The number of Topliss-reactive ketones (excluding diaryl/α,β-unsaturated/α-hetero) is 1. The molecule has 1 rings (SSSR count). The van der Waals surface area contributed by atoms with Crippen molar-refractivity contribution in [1.29, 1.82) is 0 Å². The Bertz CT molecular complexity index is 710. The first-order valence-corrected chi connectivity index (χ1v) is 6.88. The van der Waals surface area contributed by atoms with E-state index in [-0.39, 0.29) is 12.2 Å². The van der Waals surface area contributed by atoms with Crippen LogP contribution in [0.5, 0.6) is 11.6 Å². The molecular weight excluding hydrogens is 340 g/mol. The van der Waals surface area contributed by atoms with E-state index in [0.29, 0.717) is 0 Å². The van der Waals surface area contributed by atoms with Gasteiger partial charge in [-0.25, -0.2) is 9.59 Å². The van der Waals surface area contributed by atoms with Gasteiger partial charge < -0.3 is 42.2 Å². The van der Waals surface area contributed by atoms with Crippen molar-refractivity contribution in [3.63, 3.8) is 0 Å². The molecule has 0 saturated heterocycles. The number of aromatic hydroxyl groups is 2. The quantitative estimate of drug-likeness (QED) is 0.185. The highest BCUT2D eigenvalue weighted by Gasteiger charge is 2.51. The molecule has 0 fully saturated rings. The molecule has 25 heavy (non-hydrogen) atoms. The van der Waals surface area contributed by atoms with Gasteiger partial charge in [-0.15, -0.1) is 0 Å². The lowest BCUT2D eigenvalue weighted by Crippen LogP contribution is -2.63. The van der Waals surface area contributed by atoms with Crippen molar-refractivity contribution >= 4 is 23.6 Å². The highest BCUT2D eigenvalue weighted by Crippen LogP contribution is 2.33. The van der Waals surface area contributed by atoms with E-state index in [4.69, 9.17) is 11.5 Å². The van der Waals surface area contributed by atoms with Gasteiger partial charge in [0.05, 0.1) is 18.2 Å². The highest BCUT2D eigenvalue weighted by atomic mass is 16.4. The molecule has 10 N–H and O–H groups in total. The normalized spacial score (nSPS) is 12.4. The first kappa shape index (κ1) is 19.9. The van der Waals surface area contributed by atoms with Crippen molar-refractivity contribution in [1.82, 2.24) is 10.3 Å². The minimum atomic E-state index is -3.04. The van der Waals surface area contributed by atoms with Crippen LogP contribution in [-0.2, 0) is 20.9 Å². The van der Waals surface area contributed by atoms with E-state index in [1.807, 2.05) is 0 Å². The highest BCUT2D eigenvalue weighted by molar-refractivity contribution is 6.13. The number of hydrogen-bond acceptors (Lipinski definition) is 8. The van der Waals surface area contributed by atoms with Gasteiger partial charge in [0.1, 0.15) is 5.56 Å². The maximum Gasteiger partial charge on any atom is 0.341 e. The average molecular weight is 358 g/mol. The molecule has 138 valence electrons. The molecule has 1 aromatic rings. The van der Waals surface area contributed by atoms with Crippen molar-refractivity contribution < 1.29 is 39.6 Å². The maximum absolute atomic E-state index is 12.3. The lowest BCUT2D eigenvalue weighted by molar-refractivity contribution is -0.161. The Morgan fingerprint density at radius 1 is 1.20 bits per heavy atom. The molecule has 1 heterocycles. The summed E-state index contributed by atoms with van der Waals surface area (Å²) in [6.07, 6.45) is -1.29. The van der Waals surface area contributed by atoms with Crippen LogP contribution < -0.4 is 16.8 Å². The number of ketones is 1. The van der Waals surface area contributed by atoms with Crippen molar-refractivity contribution in [3.05, 3.63) is 11.3 Å². The number of nitrogens with two attached hydrogens (primary N) is 2. The summed E-state index contributed by atoms with van der Waals surface area (Å²) < 4.78 is 0. The van der Waals surface area contributed by atoms with Crippen molar-refractivity contribution in [2.24, 2.45) is 11.5 Å². The summed E-state index contributed by atoms with van der Waals surface area (Å²) in [5, 5.41) is 39.7. The molecule has 1 atom stereocenters. The predicted octanol–water partition coefficient (Wildman–Crippen LogP) is -2.17. The van der Waals surface area contributed by atoms with Gasteiger partial charge in [0.25, 0.3) is 0 Å². The second-order valence-electron chi connectivity index (χ2n) is 5.27. The van der Waals surface area contributed by atoms with Crippen LogP contribution in [0.15, 0.2) is 0 Å². The van der Waals surface area contributed by atoms with E-state index in [2.05, 4.69) is 4.98 Å². The Labute approximate surface area is 140 Å². The lowest BCUT2D eigenvalue weighted by Gasteiger charge is -2.26. The van der Waals surface area contributed by atoms with Gasteiger partial charge in [0.2, 0.25) is 17.3 Å². The van der Waals surface area contributed by atoms with E-state index >= 15 is 0 Å². The Kier molecular flexibility index (Phi) is 5.73. The SMILES string of the molecule is C[C@H](N)C(=O)NC(CC(=O)c1c(O)[nH]c(CN)c1O)(C(=O)O)C(=O)O. The lowest BCUT2D eigenvalue weighted by atomic mass is 9.90. The second kappa shape index (κ2) is 7.19. The number of aliphatic carboxylic acids is 2. The van der Waals surface area contributed by atoms with Crippen molar-refractivity contribution in [3.8, 4) is 11.6 Å². The van der Waals surface area contributed by atoms with E-state index in [9.17, 15) is 39.6 Å². The average Bonchev–Trinajstić information content (AvgIpc) is 2.79. The molecular formula is C13H18N4O8. The van der Waals surface area contributed by atoms with Crippen LogP contribution in [0, 0.1) is 0 Å². The zero-order chi connectivity index (χ0) is 19.5. The summed E-state index contributed by atoms with van der Waals surface area (Å²) >= 11 is 0. The number of carboxylic acid groups (broad SMARTS) is 2. The largest absolute Gasteiger partial charge is 0.505 e. The Hall–Kier alpha value is -3.12. The molecule has 0 unspecified atom stereocenters.